The van der Waals surface area contributed by atoms with E-state index in [0.717, 1.165) is 18.3 Å². The molecule has 0 spiro atoms. The van der Waals surface area contributed by atoms with Gasteiger partial charge in [0.15, 0.2) is 0 Å². The number of hydrogen-bond donors (Lipinski definition) is 0. The highest BCUT2D eigenvalue weighted by atomic mass is 35.5. The van der Waals surface area contributed by atoms with Gasteiger partial charge in [0.25, 0.3) is 0 Å². The quantitative estimate of drug-likeness (QED) is 0.673. The molecule has 1 atom stereocenters. The van der Waals surface area contributed by atoms with E-state index in [1.807, 2.05) is 11.3 Å². The first-order chi connectivity index (χ1) is 7.25. The molecule has 1 aromatic heterocycles. The molecule has 0 aliphatic heterocycles. The highest BCUT2D eigenvalue weighted by Gasteiger charge is 2.24. The zero-order chi connectivity index (χ0) is 10.7. The maximum absolute atomic E-state index is 6.51. The van der Waals surface area contributed by atoms with E-state index < -0.39 is 0 Å². The lowest BCUT2D eigenvalue weighted by atomic mass is 9.80. The molecule has 0 saturated heterocycles. The van der Waals surface area contributed by atoms with Crippen molar-refractivity contribution < 1.29 is 0 Å². The molecule has 84 valence electrons. The summed E-state index contributed by atoms with van der Waals surface area (Å²) in [6.45, 7) is 2.36. The lowest BCUT2D eigenvalue weighted by Gasteiger charge is -2.29. The van der Waals surface area contributed by atoms with Gasteiger partial charge in [-0.2, -0.15) is 0 Å². The largest absolute Gasteiger partial charge is 0.149 e. The Balaban J connectivity index is 1.83. The minimum absolute atomic E-state index is 0.358. The van der Waals surface area contributed by atoms with Crippen molar-refractivity contribution in [3.05, 3.63) is 22.4 Å². The fourth-order valence-electron chi connectivity index (χ4n) is 2.44. The highest BCUT2D eigenvalue weighted by molar-refractivity contribution is 7.09. The van der Waals surface area contributed by atoms with Crippen molar-refractivity contribution in [3.63, 3.8) is 0 Å². The predicted octanol–water partition coefficient (Wildman–Crippen LogP) is 4.72. The molecular weight excluding hydrogens is 224 g/mol. The molecule has 1 unspecified atom stereocenters. The van der Waals surface area contributed by atoms with E-state index in [2.05, 4.69) is 24.4 Å². The summed E-state index contributed by atoms with van der Waals surface area (Å²) in [5, 5.41) is 2.50. The SMILES string of the molecule is CC1CCC(C(Cl)Cc2cccs2)CC1. The number of rotatable bonds is 3. The minimum Gasteiger partial charge on any atom is -0.149 e. The summed E-state index contributed by atoms with van der Waals surface area (Å²) in [5.74, 6) is 1.68. The van der Waals surface area contributed by atoms with Crippen LogP contribution in [-0.4, -0.2) is 5.38 Å². The Labute approximate surface area is 102 Å². The summed E-state index contributed by atoms with van der Waals surface area (Å²) in [6, 6.07) is 4.32. The normalized spacial score (nSPS) is 28.9. The average Bonchev–Trinajstić information content (AvgIpc) is 2.71. The first-order valence-electron chi connectivity index (χ1n) is 5.92. The molecule has 0 amide bonds. The standard InChI is InChI=1S/C13H19ClS/c1-10-4-6-11(7-5-10)13(14)9-12-3-2-8-15-12/h2-3,8,10-11,13H,4-7,9H2,1H3. The molecule has 0 radical (unpaired) electrons. The summed E-state index contributed by atoms with van der Waals surface area (Å²) in [6.07, 6.45) is 6.48. The molecule has 15 heavy (non-hydrogen) atoms. The topological polar surface area (TPSA) is 0 Å². The molecule has 0 nitrogen and oxygen atoms in total. The number of alkyl halides is 1. The fraction of sp³-hybridized carbons (Fsp3) is 0.692. The molecule has 1 heterocycles. The zero-order valence-corrected chi connectivity index (χ0v) is 10.9. The van der Waals surface area contributed by atoms with E-state index in [4.69, 9.17) is 11.6 Å². The van der Waals surface area contributed by atoms with Crippen LogP contribution in [-0.2, 0) is 6.42 Å². The first-order valence-corrected chi connectivity index (χ1v) is 7.23. The van der Waals surface area contributed by atoms with Gasteiger partial charge in [0.1, 0.15) is 0 Å². The van der Waals surface area contributed by atoms with Crippen LogP contribution < -0.4 is 0 Å². The molecule has 0 N–H and O–H groups in total. The molecule has 1 aromatic rings. The second kappa shape index (κ2) is 5.36. The van der Waals surface area contributed by atoms with Crippen LogP contribution in [0.4, 0.5) is 0 Å². The molecule has 2 heteroatoms. The van der Waals surface area contributed by atoms with Crippen molar-refractivity contribution in [2.75, 3.05) is 0 Å². The predicted molar refractivity (Wildman–Crippen MR) is 68.8 cm³/mol. The molecule has 1 aliphatic carbocycles. The monoisotopic (exact) mass is 242 g/mol. The third-order valence-electron chi connectivity index (χ3n) is 3.55. The molecule has 1 saturated carbocycles. The third-order valence-corrected chi connectivity index (χ3v) is 4.96. The van der Waals surface area contributed by atoms with Crippen molar-refractivity contribution in [1.29, 1.82) is 0 Å². The molecule has 0 aromatic carbocycles. The van der Waals surface area contributed by atoms with Gasteiger partial charge in [0, 0.05) is 10.3 Å². The van der Waals surface area contributed by atoms with Gasteiger partial charge in [-0.1, -0.05) is 25.8 Å². The van der Waals surface area contributed by atoms with Gasteiger partial charge >= 0.3 is 0 Å². The van der Waals surface area contributed by atoms with Crippen molar-refractivity contribution in [2.24, 2.45) is 11.8 Å². The lowest BCUT2D eigenvalue weighted by Crippen LogP contribution is -2.22. The third kappa shape index (κ3) is 3.22. The maximum Gasteiger partial charge on any atom is 0.0412 e. The Morgan fingerprint density at radius 2 is 2.13 bits per heavy atom. The summed E-state index contributed by atoms with van der Waals surface area (Å²) in [4.78, 5) is 1.44. The van der Waals surface area contributed by atoms with E-state index in [0.29, 0.717) is 5.38 Å². The maximum atomic E-state index is 6.51. The molecular formula is C13H19ClS. The summed E-state index contributed by atoms with van der Waals surface area (Å²) in [5.41, 5.74) is 0. The Morgan fingerprint density at radius 3 is 2.73 bits per heavy atom. The fourth-order valence-corrected chi connectivity index (χ4v) is 3.71. The second-order valence-electron chi connectivity index (χ2n) is 4.82. The van der Waals surface area contributed by atoms with Crippen LogP contribution in [0.2, 0.25) is 0 Å². The summed E-state index contributed by atoms with van der Waals surface area (Å²) < 4.78 is 0. The Bertz CT molecular complexity index is 273. The van der Waals surface area contributed by atoms with Crippen LogP contribution in [0.15, 0.2) is 17.5 Å². The molecule has 1 fully saturated rings. The average molecular weight is 243 g/mol. The smallest absolute Gasteiger partial charge is 0.0412 e. The minimum atomic E-state index is 0.358. The van der Waals surface area contributed by atoms with Gasteiger partial charge in [0.05, 0.1) is 0 Å². The van der Waals surface area contributed by atoms with Gasteiger partial charge in [0.2, 0.25) is 0 Å². The Hall–Kier alpha value is -0.0100. The summed E-state index contributed by atoms with van der Waals surface area (Å²) in [7, 11) is 0. The van der Waals surface area contributed by atoms with Crippen molar-refractivity contribution in [3.8, 4) is 0 Å². The van der Waals surface area contributed by atoms with Crippen LogP contribution in [0.5, 0.6) is 0 Å². The van der Waals surface area contributed by atoms with Gasteiger partial charge in [-0.05, 0) is 42.5 Å². The van der Waals surface area contributed by atoms with Crippen molar-refractivity contribution in [2.45, 2.75) is 44.4 Å². The molecule has 1 aliphatic rings. The van der Waals surface area contributed by atoms with E-state index in [-0.39, 0.29) is 0 Å². The van der Waals surface area contributed by atoms with Crippen LogP contribution in [0.25, 0.3) is 0 Å². The molecule has 0 bridgehead atoms. The van der Waals surface area contributed by atoms with Gasteiger partial charge in [-0.15, -0.1) is 22.9 Å². The lowest BCUT2D eigenvalue weighted by molar-refractivity contribution is 0.281. The van der Waals surface area contributed by atoms with E-state index in [9.17, 15) is 0 Å². The van der Waals surface area contributed by atoms with Crippen LogP contribution in [0, 0.1) is 11.8 Å². The van der Waals surface area contributed by atoms with Crippen LogP contribution in [0.3, 0.4) is 0 Å². The number of halogens is 1. The van der Waals surface area contributed by atoms with Gasteiger partial charge < -0.3 is 0 Å². The van der Waals surface area contributed by atoms with E-state index in [1.54, 1.807) is 0 Å². The van der Waals surface area contributed by atoms with Crippen molar-refractivity contribution >= 4 is 22.9 Å². The second-order valence-corrected chi connectivity index (χ2v) is 6.41. The highest BCUT2D eigenvalue weighted by Crippen LogP contribution is 2.34. The van der Waals surface area contributed by atoms with E-state index in [1.165, 1.54) is 30.6 Å². The van der Waals surface area contributed by atoms with E-state index >= 15 is 0 Å². The first kappa shape index (κ1) is 11.5. The zero-order valence-electron chi connectivity index (χ0n) is 9.29. The van der Waals surface area contributed by atoms with Crippen LogP contribution >= 0.6 is 22.9 Å². The molecule has 2 rings (SSSR count). The Kier molecular flexibility index (Phi) is 4.10. The van der Waals surface area contributed by atoms with Gasteiger partial charge in [-0.25, -0.2) is 0 Å². The Morgan fingerprint density at radius 1 is 1.40 bits per heavy atom. The van der Waals surface area contributed by atoms with Gasteiger partial charge in [-0.3, -0.25) is 0 Å². The number of thiophene rings is 1. The van der Waals surface area contributed by atoms with Crippen LogP contribution in [0.1, 0.15) is 37.5 Å². The van der Waals surface area contributed by atoms with Crippen molar-refractivity contribution in [1.82, 2.24) is 0 Å². The number of hydrogen-bond acceptors (Lipinski definition) is 1. The summed E-state index contributed by atoms with van der Waals surface area (Å²) >= 11 is 8.34.